The molecule has 2 aromatic rings. The SMILES string of the molecule is CCn1cc(CNC2CC2)c2ccccc21. The van der Waals surface area contributed by atoms with Crippen LogP contribution in [0.15, 0.2) is 30.5 Å². The zero-order valence-electron chi connectivity index (χ0n) is 9.74. The maximum Gasteiger partial charge on any atom is 0.0483 e. The third-order valence-electron chi connectivity index (χ3n) is 3.37. The van der Waals surface area contributed by atoms with Crippen LogP contribution >= 0.6 is 0 Å². The molecule has 1 N–H and O–H groups in total. The summed E-state index contributed by atoms with van der Waals surface area (Å²) in [6.45, 7) is 4.26. The van der Waals surface area contributed by atoms with Crippen LogP contribution in [0.5, 0.6) is 0 Å². The smallest absolute Gasteiger partial charge is 0.0483 e. The minimum Gasteiger partial charge on any atom is -0.347 e. The fraction of sp³-hybridized carbons (Fsp3) is 0.429. The van der Waals surface area contributed by atoms with E-state index in [0.717, 1.165) is 19.1 Å². The summed E-state index contributed by atoms with van der Waals surface area (Å²) in [5.41, 5.74) is 2.79. The molecular formula is C14H18N2. The van der Waals surface area contributed by atoms with Gasteiger partial charge >= 0.3 is 0 Å². The predicted octanol–water partition coefficient (Wildman–Crippen LogP) is 2.91. The second-order valence-electron chi connectivity index (χ2n) is 4.61. The Morgan fingerprint density at radius 3 is 2.88 bits per heavy atom. The molecule has 1 aliphatic carbocycles. The summed E-state index contributed by atoms with van der Waals surface area (Å²) in [5, 5.41) is 4.99. The van der Waals surface area contributed by atoms with E-state index in [4.69, 9.17) is 0 Å². The van der Waals surface area contributed by atoms with Crippen LogP contribution in [0.1, 0.15) is 25.3 Å². The average Bonchev–Trinajstić information content (AvgIpc) is 3.08. The first kappa shape index (κ1) is 9.91. The lowest BCUT2D eigenvalue weighted by Gasteiger charge is -2.00. The second kappa shape index (κ2) is 3.95. The van der Waals surface area contributed by atoms with E-state index >= 15 is 0 Å². The van der Waals surface area contributed by atoms with Crippen molar-refractivity contribution in [2.45, 2.75) is 38.9 Å². The Kier molecular flexibility index (Phi) is 2.44. The van der Waals surface area contributed by atoms with Gasteiger partial charge in [-0.15, -0.1) is 0 Å². The highest BCUT2D eigenvalue weighted by atomic mass is 15.0. The van der Waals surface area contributed by atoms with Gasteiger partial charge in [-0.25, -0.2) is 0 Å². The molecule has 0 unspecified atom stereocenters. The van der Waals surface area contributed by atoms with Crippen LogP contribution in [0, 0.1) is 0 Å². The topological polar surface area (TPSA) is 17.0 Å². The maximum atomic E-state index is 3.59. The van der Waals surface area contributed by atoms with Crippen molar-refractivity contribution in [2.75, 3.05) is 0 Å². The van der Waals surface area contributed by atoms with Crippen molar-refractivity contribution in [3.8, 4) is 0 Å². The Balaban J connectivity index is 1.95. The number of benzene rings is 1. The molecule has 1 aliphatic rings. The second-order valence-corrected chi connectivity index (χ2v) is 4.61. The number of hydrogen-bond acceptors (Lipinski definition) is 1. The number of aryl methyl sites for hydroxylation is 1. The Morgan fingerprint density at radius 1 is 1.31 bits per heavy atom. The molecule has 0 bridgehead atoms. The van der Waals surface area contributed by atoms with E-state index in [2.05, 4.69) is 47.3 Å². The fourth-order valence-electron chi connectivity index (χ4n) is 2.27. The van der Waals surface area contributed by atoms with Crippen LogP contribution in [0.25, 0.3) is 10.9 Å². The van der Waals surface area contributed by atoms with Gasteiger partial charge in [0.05, 0.1) is 0 Å². The van der Waals surface area contributed by atoms with Gasteiger partial charge in [-0.05, 0) is 31.4 Å². The van der Waals surface area contributed by atoms with Crippen molar-refractivity contribution in [1.82, 2.24) is 9.88 Å². The molecule has 1 saturated carbocycles. The highest BCUT2D eigenvalue weighted by molar-refractivity contribution is 5.83. The zero-order chi connectivity index (χ0) is 11.0. The summed E-state index contributed by atoms with van der Waals surface area (Å²) in [7, 11) is 0. The Hall–Kier alpha value is -1.28. The molecule has 0 amide bonds. The van der Waals surface area contributed by atoms with Crippen molar-refractivity contribution in [3.05, 3.63) is 36.0 Å². The quantitative estimate of drug-likeness (QED) is 0.828. The lowest BCUT2D eigenvalue weighted by molar-refractivity contribution is 0.686. The van der Waals surface area contributed by atoms with E-state index in [1.807, 2.05) is 0 Å². The Bertz CT molecular complexity index is 494. The number of nitrogens with zero attached hydrogens (tertiary/aromatic N) is 1. The lowest BCUT2D eigenvalue weighted by Crippen LogP contribution is -2.14. The standard InChI is InChI=1S/C14H18N2/c1-2-16-10-11(9-15-12-7-8-12)13-5-3-4-6-14(13)16/h3-6,10,12,15H,2,7-9H2,1H3. The van der Waals surface area contributed by atoms with Crippen molar-refractivity contribution in [2.24, 2.45) is 0 Å². The number of hydrogen-bond donors (Lipinski definition) is 1. The van der Waals surface area contributed by atoms with Crippen LogP contribution in [0.3, 0.4) is 0 Å². The zero-order valence-corrected chi connectivity index (χ0v) is 9.74. The first-order chi connectivity index (χ1) is 7.88. The van der Waals surface area contributed by atoms with Crippen molar-refractivity contribution in [3.63, 3.8) is 0 Å². The minimum atomic E-state index is 0.781. The van der Waals surface area contributed by atoms with Gasteiger partial charge in [0.1, 0.15) is 0 Å². The van der Waals surface area contributed by atoms with Crippen LogP contribution in [0.4, 0.5) is 0 Å². The molecule has 1 fully saturated rings. The minimum absolute atomic E-state index is 0.781. The Labute approximate surface area is 96.3 Å². The molecule has 16 heavy (non-hydrogen) atoms. The van der Waals surface area contributed by atoms with Crippen molar-refractivity contribution >= 4 is 10.9 Å². The summed E-state index contributed by atoms with van der Waals surface area (Å²) < 4.78 is 2.33. The first-order valence-corrected chi connectivity index (χ1v) is 6.18. The molecule has 0 spiro atoms. The molecule has 84 valence electrons. The number of nitrogens with one attached hydrogen (secondary N) is 1. The highest BCUT2D eigenvalue weighted by Crippen LogP contribution is 2.23. The van der Waals surface area contributed by atoms with Gasteiger partial charge in [-0.2, -0.15) is 0 Å². The van der Waals surface area contributed by atoms with Gasteiger partial charge < -0.3 is 9.88 Å². The summed E-state index contributed by atoms with van der Waals surface area (Å²) in [5.74, 6) is 0. The summed E-state index contributed by atoms with van der Waals surface area (Å²) in [4.78, 5) is 0. The maximum absolute atomic E-state index is 3.59. The van der Waals surface area contributed by atoms with Gasteiger partial charge in [0.25, 0.3) is 0 Å². The lowest BCUT2D eigenvalue weighted by atomic mass is 10.2. The van der Waals surface area contributed by atoms with E-state index in [9.17, 15) is 0 Å². The highest BCUT2D eigenvalue weighted by Gasteiger charge is 2.20. The third kappa shape index (κ3) is 1.74. The third-order valence-corrected chi connectivity index (χ3v) is 3.37. The molecule has 0 saturated heterocycles. The predicted molar refractivity (Wildman–Crippen MR) is 67.5 cm³/mol. The van der Waals surface area contributed by atoms with E-state index in [1.165, 1.54) is 29.3 Å². The van der Waals surface area contributed by atoms with Crippen LogP contribution in [0.2, 0.25) is 0 Å². The van der Waals surface area contributed by atoms with Crippen LogP contribution in [-0.4, -0.2) is 10.6 Å². The molecule has 0 aliphatic heterocycles. The average molecular weight is 214 g/mol. The largest absolute Gasteiger partial charge is 0.347 e. The van der Waals surface area contributed by atoms with Crippen molar-refractivity contribution < 1.29 is 0 Å². The molecular weight excluding hydrogens is 196 g/mol. The van der Waals surface area contributed by atoms with Gasteiger partial charge in [0.15, 0.2) is 0 Å². The van der Waals surface area contributed by atoms with E-state index in [-0.39, 0.29) is 0 Å². The molecule has 1 heterocycles. The van der Waals surface area contributed by atoms with Gasteiger partial charge in [0, 0.05) is 36.2 Å². The monoisotopic (exact) mass is 214 g/mol. The van der Waals surface area contributed by atoms with Crippen LogP contribution in [-0.2, 0) is 13.1 Å². The first-order valence-electron chi connectivity index (χ1n) is 6.18. The normalized spacial score (nSPS) is 15.8. The molecule has 3 rings (SSSR count). The van der Waals surface area contributed by atoms with Gasteiger partial charge in [0.2, 0.25) is 0 Å². The number of fused-ring (bicyclic) bond motifs is 1. The number of rotatable bonds is 4. The molecule has 0 radical (unpaired) electrons. The molecule has 1 aromatic heterocycles. The molecule has 1 aromatic carbocycles. The van der Waals surface area contributed by atoms with Gasteiger partial charge in [-0.1, -0.05) is 18.2 Å². The molecule has 2 heteroatoms. The molecule has 0 atom stereocenters. The number of para-hydroxylation sites is 1. The van der Waals surface area contributed by atoms with Gasteiger partial charge in [-0.3, -0.25) is 0 Å². The van der Waals surface area contributed by atoms with Crippen LogP contribution < -0.4 is 5.32 Å². The fourth-order valence-corrected chi connectivity index (χ4v) is 2.27. The van der Waals surface area contributed by atoms with E-state index in [1.54, 1.807) is 0 Å². The number of aromatic nitrogens is 1. The summed E-state index contributed by atoms with van der Waals surface area (Å²) in [6, 6.07) is 9.46. The van der Waals surface area contributed by atoms with E-state index < -0.39 is 0 Å². The Morgan fingerprint density at radius 2 is 2.12 bits per heavy atom. The van der Waals surface area contributed by atoms with Crippen molar-refractivity contribution in [1.29, 1.82) is 0 Å². The summed E-state index contributed by atoms with van der Waals surface area (Å²) in [6.07, 6.45) is 5.00. The summed E-state index contributed by atoms with van der Waals surface area (Å²) >= 11 is 0. The van der Waals surface area contributed by atoms with E-state index in [0.29, 0.717) is 0 Å². The molecule has 2 nitrogen and oxygen atoms in total.